The Hall–Kier alpha value is -1.86. The largest absolute Gasteiger partial charge is 0.381 e. The maximum absolute atomic E-state index is 8.89. The van der Waals surface area contributed by atoms with Gasteiger partial charge in [-0.05, 0) is 36.1 Å². The number of rotatable bonds is 4. The molecule has 92 valence electrons. The van der Waals surface area contributed by atoms with Crippen molar-refractivity contribution in [3.05, 3.63) is 47.8 Å². The lowest BCUT2D eigenvalue weighted by molar-refractivity contribution is 0.902. The molecule has 0 saturated heterocycles. The summed E-state index contributed by atoms with van der Waals surface area (Å²) in [7, 11) is 1.89. The summed E-state index contributed by atoms with van der Waals surface area (Å²) in [6.45, 7) is 0.730. The van der Waals surface area contributed by atoms with Gasteiger partial charge in [0.25, 0.3) is 0 Å². The van der Waals surface area contributed by atoms with Gasteiger partial charge < -0.3 is 9.88 Å². The number of anilines is 1. The fourth-order valence-corrected chi connectivity index (χ4v) is 2.24. The smallest absolute Gasteiger partial charge is 0.120 e. The van der Waals surface area contributed by atoms with Gasteiger partial charge in [0.2, 0.25) is 0 Å². The van der Waals surface area contributed by atoms with Crippen LogP contribution in [0.5, 0.6) is 0 Å². The van der Waals surface area contributed by atoms with Crippen LogP contribution in [0.2, 0.25) is 0 Å². The minimum atomic E-state index is 0.685. The molecule has 0 fully saturated rings. The van der Waals surface area contributed by atoms with Crippen LogP contribution < -0.4 is 5.32 Å². The molecule has 0 aliphatic rings. The zero-order valence-corrected chi connectivity index (χ0v) is 11.3. The number of hydrogen-bond acceptors (Lipinski definition) is 3. The Labute approximate surface area is 111 Å². The summed E-state index contributed by atoms with van der Waals surface area (Å²) in [6, 6.07) is 12.4. The summed E-state index contributed by atoms with van der Waals surface area (Å²) >= 11 is 1.73. The van der Waals surface area contributed by atoms with Crippen molar-refractivity contribution < 1.29 is 0 Å². The highest BCUT2D eigenvalue weighted by atomic mass is 32.2. The van der Waals surface area contributed by atoms with E-state index in [1.807, 2.05) is 36.0 Å². The van der Waals surface area contributed by atoms with Crippen LogP contribution in [0.1, 0.15) is 11.3 Å². The van der Waals surface area contributed by atoms with Crippen molar-refractivity contribution in [2.75, 3.05) is 11.6 Å². The van der Waals surface area contributed by atoms with Crippen molar-refractivity contribution in [1.29, 1.82) is 5.26 Å². The second-order valence-corrected chi connectivity index (χ2v) is 4.92. The van der Waals surface area contributed by atoms with Gasteiger partial charge in [0.05, 0.1) is 0 Å². The molecular weight excluding hydrogens is 242 g/mol. The zero-order valence-electron chi connectivity index (χ0n) is 10.5. The molecule has 1 aromatic heterocycles. The number of thioether (sulfide) groups is 1. The summed E-state index contributed by atoms with van der Waals surface area (Å²) in [4.78, 5) is 1.24. The Morgan fingerprint density at radius 3 is 2.89 bits per heavy atom. The van der Waals surface area contributed by atoms with E-state index < -0.39 is 0 Å². The third kappa shape index (κ3) is 2.88. The van der Waals surface area contributed by atoms with E-state index in [9.17, 15) is 0 Å². The van der Waals surface area contributed by atoms with Gasteiger partial charge in [-0.15, -0.1) is 11.8 Å². The molecule has 2 rings (SSSR count). The fourth-order valence-electron chi connectivity index (χ4n) is 1.78. The van der Waals surface area contributed by atoms with Crippen LogP contribution in [0, 0.1) is 11.3 Å². The molecule has 0 aliphatic carbocycles. The summed E-state index contributed by atoms with van der Waals surface area (Å²) in [5, 5.41) is 12.3. The molecule has 18 heavy (non-hydrogen) atoms. The van der Waals surface area contributed by atoms with Gasteiger partial charge >= 0.3 is 0 Å². The molecule has 0 bridgehead atoms. The lowest BCUT2D eigenvalue weighted by atomic mass is 10.3. The van der Waals surface area contributed by atoms with Crippen LogP contribution in [0.4, 0.5) is 5.69 Å². The highest BCUT2D eigenvalue weighted by Crippen LogP contribution is 2.19. The second kappa shape index (κ2) is 5.65. The molecule has 1 aromatic carbocycles. The van der Waals surface area contributed by atoms with Gasteiger partial charge in [0.15, 0.2) is 0 Å². The van der Waals surface area contributed by atoms with Crippen LogP contribution in [-0.4, -0.2) is 10.8 Å². The van der Waals surface area contributed by atoms with Gasteiger partial charge in [-0.3, -0.25) is 0 Å². The predicted molar refractivity (Wildman–Crippen MR) is 75.7 cm³/mol. The van der Waals surface area contributed by atoms with Crippen molar-refractivity contribution in [1.82, 2.24) is 4.57 Å². The molecule has 0 saturated carbocycles. The van der Waals surface area contributed by atoms with Crippen LogP contribution in [-0.2, 0) is 13.6 Å². The maximum atomic E-state index is 8.89. The van der Waals surface area contributed by atoms with E-state index in [-0.39, 0.29) is 0 Å². The molecular formula is C14H15N3S. The molecule has 0 aliphatic heterocycles. The van der Waals surface area contributed by atoms with E-state index in [1.54, 1.807) is 11.8 Å². The normalized spacial score (nSPS) is 10.1. The molecule has 0 unspecified atom stereocenters. The average molecular weight is 257 g/mol. The van der Waals surface area contributed by atoms with Gasteiger partial charge in [-0.1, -0.05) is 6.07 Å². The van der Waals surface area contributed by atoms with Crippen molar-refractivity contribution in [3.8, 4) is 6.07 Å². The number of aryl methyl sites for hydroxylation is 1. The Bertz CT molecular complexity index is 581. The topological polar surface area (TPSA) is 40.8 Å². The molecule has 2 aromatic rings. The first kappa shape index (κ1) is 12.6. The summed E-state index contributed by atoms with van der Waals surface area (Å²) < 4.78 is 1.84. The van der Waals surface area contributed by atoms with Crippen molar-refractivity contribution in [2.45, 2.75) is 11.4 Å². The Kier molecular flexibility index (Phi) is 3.96. The summed E-state index contributed by atoms with van der Waals surface area (Å²) in [6.07, 6.45) is 4.04. The van der Waals surface area contributed by atoms with Crippen LogP contribution >= 0.6 is 11.8 Å². The molecule has 3 nitrogen and oxygen atoms in total. The number of nitriles is 1. The van der Waals surface area contributed by atoms with Gasteiger partial charge in [-0.25, -0.2) is 0 Å². The number of benzene rings is 1. The number of aromatic nitrogens is 1. The van der Waals surface area contributed by atoms with Gasteiger partial charge in [0.1, 0.15) is 11.8 Å². The van der Waals surface area contributed by atoms with Crippen molar-refractivity contribution in [2.24, 2.45) is 7.05 Å². The van der Waals surface area contributed by atoms with Gasteiger partial charge in [-0.2, -0.15) is 5.26 Å². The third-order valence-corrected chi connectivity index (χ3v) is 3.47. The molecule has 0 atom stereocenters. The maximum Gasteiger partial charge on any atom is 0.120 e. The standard InChI is InChI=1S/C14H15N3S/c1-17-10-11(6-13(17)8-15)9-16-12-4-3-5-14(7-12)18-2/h3-7,10,16H,9H2,1-2H3. The monoisotopic (exact) mass is 257 g/mol. The van der Waals surface area contributed by atoms with E-state index in [0.717, 1.165) is 17.8 Å². The Balaban J connectivity index is 2.04. The molecule has 1 N–H and O–H groups in total. The lowest BCUT2D eigenvalue weighted by Crippen LogP contribution is -1.98. The molecule has 1 heterocycles. The van der Waals surface area contributed by atoms with Crippen LogP contribution in [0.15, 0.2) is 41.4 Å². The predicted octanol–water partition coefficient (Wildman–Crippen LogP) is 3.23. The third-order valence-electron chi connectivity index (χ3n) is 2.74. The lowest BCUT2D eigenvalue weighted by Gasteiger charge is -2.06. The van der Waals surface area contributed by atoms with E-state index in [2.05, 4.69) is 29.8 Å². The Morgan fingerprint density at radius 1 is 1.39 bits per heavy atom. The van der Waals surface area contributed by atoms with Crippen molar-refractivity contribution >= 4 is 17.4 Å². The SMILES string of the molecule is CSc1cccc(NCc2cc(C#N)n(C)c2)c1. The first-order valence-electron chi connectivity index (χ1n) is 5.66. The number of hydrogen-bond donors (Lipinski definition) is 1. The summed E-state index contributed by atoms with van der Waals surface area (Å²) in [5.41, 5.74) is 2.90. The minimum absolute atomic E-state index is 0.685. The number of nitrogens with one attached hydrogen (secondary N) is 1. The molecule has 0 amide bonds. The van der Waals surface area contributed by atoms with Crippen LogP contribution in [0.25, 0.3) is 0 Å². The highest BCUT2D eigenvalue weighted by molar-refractivity contribution is 7.98. The fraction of sp³-hybridized carbons (Fsp3) is 0.214. The van der Waals surface area contributed by atoms with E-state index in [4.69, 9.17) is 5.26 Å². The first-order valence-corrected chi connectivity index (χ1v) is 6.88. The number of nitrogens with zero attached hydrogens (tertiary/aromatic N) is 2. The summed E-state index contributed by atoms with van der Waals surface area (Å²) in [5.74, 6) is 0. The van der Waals surface area contributed by atoms with Gasteiger partial charge in [0, 0.05) is 30.4 Å². The molecule has 0 spiro atoms. The highest BCUT2D eigenvalue weighted by Gasteiger charge is 2.02. The van der Waals surface area contributed by atoms with E-state index >= 15 is 0 Å². The minimum Gasteiger partial charge on any atom is -0.381 e. The Morgan fingerprint density at radius 2 is 2.22 bits per heavy atom. The van der Waals surface area contributed by atoms with Crippen LogP contribution in [0.3, 0.4) is 0 Å². The second-order valence-electron chi connectivity index (χ2n) is 4.04. The zero-order chi connectivity index (χ0) is 13.0. The van der Waals surface area contributed by atoms with E-state index in [1.165, 1.54) is 4.90 Å². The quantitative estimate of drug-likeness (QED) is 0.855. The molecule has 4 heteroatoms. The molecule has 0 radical (unpaired) electrons. The van der Waals surface area contributed by atoms with Crippen molar-refractivity contribution in [3.63, 3.8) is 0 Å². The first-order chi connectivity index (χ1) is 8.72. The average Bonchev–Trinajstić information content (AvgIpc) is 2.77. The van der Waals surface area contributed by atoms with E-state index in [0.29, 0.717) is 5.69 Å².